The molecule has 0 unspecified atom stereocenters. The number of allylic oxidation sites excluding steroid dienone is 3. The number of hydrogen-bond acceptors (Lipinski definition) is 9. The van der Waals surface area contributed by atoms with Gasteiger partial charge in [-0.15, -0.1) is 0 Å². The fraction of sp³-hybridized carbons (Fsp3) is 0.571. The Kier molecular flexibility index (Phi) is 12.4. The molecule has 10 heteroatoms. The zero-order valence-corrected chi connectivity index (χ0v) is 23.1. The Morgan fingerprint density at radius 1 is 1.26 bits per heavy atom. The number of halogens is 1. The zero-order valence-electron chi connectivity index (χ0n) is 22.4. The molecule has 38 heavy (non-hydrogen) atoms. The number of esters is 3. The molecule has 1 N–H and O–H groups in total. The number of rotatable bonds is 8. The van der Waals surface area contributed by atoms with E-state index in [-0.39, 0.29) is 36.9 Å². The van der Waals surface area contributed by atoms with E-state index in [1.165, 1.54) is 19.9 Å². The minimum absolute atomic E-state index is 0.112. The Bertz CT molecular complexity index is 1010. The summed E-state index contributed by atoms with van der Waals surface area (Å²) < 4.78 is 22.1. The number of aliphatic hydroxyl groups excluding tert-OH is 1. The van der Waals surface area contributed by atoms with Crippen LogP contribution in [0.25, 0.3) is 0 Å². The highest BCUT2D eigenvalue weighted by Gasteiger charge is 2.41. The van der Waals surface area contributed by atoms with Gasteiger partial charge in [0.2, 0.25) is 0 Å². The minimum atomic E-state index is -1.18. The van der Waals surface area contributed by atoms with Crippen molar-refractivity contribution in [2.75, 3.05) is 6.61 Å². The van der Waals surface area contributed by atoms with Gasteiger partial charge in [-0.3, -0.25) is 19.2 Å². The number of carbonyl (C=O) groups is 4. The zero-order chi connectivity index (χ0) is 28.4. The molecule has 0 aromatic rings. The van der Waals surface area contributed by atoms with Crippen molar-refractivity contribution in [2.24, 2.45) is 0 Å². The average Bonchev–Trinajstić information content (AvgIpc) is 3.22. The lowest BCUT2D eigenvalue weighted by atomic mass is 10.0. The summed E-state index contributed by atoms with van der Waals surface area (Å²) >= 11 is 6.37. The molecular formula is C28H37ClO9. The maximum atomic E-state index is 12.8. The van der Waals surface area contributed by atoms with E-state index in [0.29, 0.717) is 41.9 Å². The van der Waals surface area contributed by atoms with E-state index < -0.39 is 42.3 Å². The summed E-state index contributed by atoms with van der Waals surface area (Å²) in [5.74, 6) is -1.95. The summed E-state index contributed by atoms with van der Waals surface area (Å²) in [6.07, 6.45) is 2.95. The van der Waals surface area contributed by atoms with Gasteiger partial charge in [0.05, 0.1) is 18.9 Å². The highest BCUT2D eigenvalue weighted by Crippen LogP contribution is 2.31. The Morgan fingerprint density at radius 2 is 1.97 bits per heavy atom. The SMILES string of the molecule is C=C(COC(=O)C/C(C)=C/[C@@H](O)[C@@H]1O[C@H]2CC/C(Cl)=C\C/C=C(/C)[C@@H](OC(C)=O)CC(=O)O[C@H]1C2)C(C)=O. The monoisotopic (exact) mass is 552 g/mol. The van der Waals surface area contributed by atoms with Gasteiger partial charge in [-0.25, -0.2) is 0 Å². The van der Waals surface area contributed by atoms with Crippen molar-refractivity contribution in [3.63, 3.8) is 0 Å². The Morgan fingerprint density at radius 3 is 2.63 bits per heavy atom. The molecule has 0 aliphatic carbocycles. The van der Waals surface area contributed by atoms with Crippen molar-refractivity contribution in [3.8, 4) is 0 Å². The Hall–Kier alpha value is -2.75. The van der Waals surface area contributed by atoms with Crippen molar-refractivity contribution in [2.45, 2.75) is 96.7 Å². The number of ether oxygens (including phenoxy) is 4. The lowest BCUT2D eigenvalue weighted by Crippen LogP contribution is -2.37. The number of aliphatic hydroxyl groups is 1. The van der Waals surface area contributed by atoms with Crippen LogP contribution in [0.1, 0.15) is 66.2 Å². The van der Waals surface area contributed by atoms with Gasteiger partial charge in [0.15, 0.2) is 5.78 Å². The first-order valence-electron chi connectivity index (χ1n) is 12.6. The minimum Gasteiger partial charge on any atom is -0.460 e. The Labute approximate surface area is 228 Å². The van der Waals surface area contributed by atoms with Crippen molar-refractivity contribution in [3.05, 3.63) is 46.6 Å². The second-order valence-corrected chi connectivity index (χ2v) is 10.1. The number of fused-ring (bicyclic) bond motifs is 2. The summed E-state index contributed by atoms with van der Waals surface area (Å²) in [5, 5.41) is 11.6. The standard InChI is InChI=1S/C28H37ClO9/c1-16(12-26(33)35-15-18(3)19(4)30)11-23(32)28-25-13-22(37-28)10-9-21(29)8-6-7-17(2)24(36-20(5)31)14-27(34)38-25/h7-8,11,22-25,28,32H,3,6,9-10,12-15H2,1-2,4-5H3/b16-11+,17-7-,21-8+/t22-,23+,24-,25-,28-/m0/s1. The molecule has 9 nitrogen and oxygen atoms in total. The number of carbonyl (C=O) groups excluding carboxylic acids is 4. The number of Topliss-reactive ketones (excluding diaryl/α,β-unsaturated/α-hetero) is 1. The van der Waals surface area contributed by atoms with E-state index in [2.05, 4.69) is 6.58 Å². The molecule has 0 amide bonds. The second-order valence-electron chi connectivity index (χ2n) is 9.66. The highest BCUT2D eigenvalue weighted by molar-refractivity contribution is 6.29. The van der Waals surface area contributed by atoms with Crippen LogP contribution in [-0.4, -0.2) is 65.9 Å². The molecule has 0 spiro atoms. The average molecular weight is 553 g/mol. The first kappa shape index (κ1) is 31.5. The molecule has 2 rings (SSSR count). The third-order valence-electron chi connectivity index (χ3n) is 6.27. The van der Waals surface area contributed by atoms with Crippen molar-refractivity contribution >= 4 is 35.3 Å². The van der Waals surface area contributed by atoms with Gasteiger partial charge in [-0.05, 0) is 45.6 Å². The van der Waals surface area contributed by atoms with Crippen LogP contribution >= 0.6 is 11.6 Å². The quantitative estimate of drug-likeness (QED) is 0.206. The summed E-state index contributed by atoms with van der Waals surface area (Å²) in [6, 6.07) is 0. The fourth-order valence-electron chi connectivity index (χ4n) is 4.12. The van der Waals surface area contributed by atoms with E-state index in [1.54, 1.807) is 13.8 Å². The molecule has 0 aromatic heterocycles. The molecule has 2 bridgehead atoms. The van der Waals surface area contributed by atoms with Crippen LogP contribution in [0.2, 0.25) is 0 Å². The van der Waals surface area contributed by atoms with Gasteiger partial charge in [-0.1, -0.05) is 42.0 Å². The summed E-state index contributed by atoms with van der Waals surface area (Å²) in [5.41, 5.74) is 1.40. The normalized spacial score (nSPS) is 28.5. The third kappa shape index (κ3) is 10.6. The van der Waals surface area contributed by atoms with Gasteiger partial charge < -0.3 is 24.1 Å². The van der Waals surface area contributed by atoms with Gasteiger partial charge in [0.1, 0.15) is 31.0 Å². The summed E-state index contributed by atoms with van der Waals surface area (Å²) in [4.78, 5) is 47.8. The number of ketones is 1. The predicted octanol–water partition coefficient (Wildman–Crippen LogP) is 4.02. The maximum absolute atomic E-state index is 12.8. The van der Waals surface area contributed by atoms with E-state index in [4.69, 9.17) is 30.5 Å². The molecule has 0 radical (unpaired) electrons. The van der Waals surface area contributed by atoms with Gasteiger partial charge in [0, 0.05) is 23.9 Å². The van der Waals surface area contributed by atoms with E-state index in [1.807, 2.05) is 12.2 Å². The summed E-state index contributed by atoms with van der Waals surface area (Å²) in [6.45, 7) is 9.37. The van der Waals surface area contributed by atoms with Crippen LogP contribution in [0, 0.1) is 0 Å². The first-order chi connectivity index (χ1) is 17.8. The smallest absolute Gasteiger partial charge is 0.310 e. The number of hydrogen-bond donors (Lipinski definition) is 1. The van der Waals surface area contributed by atoms with Crippen LogP contribution in [0.4, 0.5) is 0 Å². The molecule has 2 aliphatic rings. The van der Waals surface area contributed by atoms with Crippen LogP contribution in [0.3, 0.4) is 0 Å². The first-order valence-corrected chi connectivity index (χ1v) is 13.0. The lowest BCUT2D eigenvalue weighted by Gasteiger charge is -2.24. The molecule has 5 atom stereocenters. The van der Waals surface area contributed by atoms with Crippen LogP contribution in [-0.2, 0) is 38.1 Å². The topological polar surface area (TPSA) is 125 Å². The van der Waals surface area contributed by atoms with E-state index >= 15 is 0 Å². The molecule has 0 saturated carbocycles. The molecule has 1 saturated heterocycles. The van der Waals surface area contributed by atoms with Crippen LogP contribution in [0.15, 0.2) is 46.6 Å². The fourth-order valence-corrected chi connectivity index (χ4v) is 4.32. The molecular weight excluding hydrogens is 516 g/mol. The molecule has 1 fully saturated rings. The van der Waals surface area contributed by atoms with E-state index in [0.717, 1.165) is 0 Å². The van der Waals surface area contributed by atoms with Gasteiger partial charge in [0.25, 0.3) is 0 Å². The molecule has 0 aromatic carbocycles. The van der Waals surface area contributed by atoms with E-state index in [9.17, 15) is 24.3 Å². The third-order valence-corrected chi connectivity index (χ3v) is 6.61. The summed E-state index contributed by atoms with van der Waals surface area (Å²) in [7, 11) is 0. The van der Waals surface area contributed by atoms with Crippen LogP contribution in [0.5, 0.6) is 0 Å². The van der Waals surface area contributed by atoms with Crippen molar-refractivity contribution in [1.82, 2.24) is 0 Å². The molecule has 2 aliphatic heterocycles. The Balaban J connectivity index is 2.15. The van der Waals surface area contributed by atoms with Gasteiger partial charge in [-0.2, -0.15) is 0 Å². The lowest BCUT2D eigenvalue weighted by molar-refractivity contribution is -0.159. The largest absolute Gasteiger partial charge is 0.460 e. The highest BCUT2D eigenvalue weighted by atomic mass is 35.5. The van der Waals surface area contributed by atoms with Crippen LogP contribution < -0.4 is 0 Å². The van der Waals surface area contributed by atoms with Crippen molar-refractivity contribution in [1.29, 1.82) is 0 Å². The predicted molar refractivity (Wildman–Crippen MR) is 140 cm³/mol. The molecule has 2 heterocycles. The molecule has 210 valence electrons. The van der Waals surface area contributed by atoms with Crippen molar-refractivity contribution < 1.29 is 43.2 Å². The maximum Gasteiger partial charge on any atom is 0.310 e. The second kappa shape index (κ2) is 15.0. The van der Waals surface area contributed by atoms with Gasteiger partial charge >= 0.3 is 17.9 Å².